The minimum Gasteiger partial charge on any atom is -0.324 e. The Morgan fingerprint density at radius 2 is 1.72 bits per heavy atom. The van der Waals surface area contributed by atoms with Gasteiger partial charge >= 0.3 is 0 Å². The van der Waals surface area contributed by atoms with Crippen molar-refractivity contribution in [3.05, 3.63) is 35.1 Å². The van der Waals surface area contributed by atoms with E-state index in [4.69, 9.17) is 5.73 Å². The zero-order valence-corrected chi connectivity index (χ0v) is 10.0. The van der Waals surface area contributed by atoms with Crippen molar-refractivity contribution in [2.75, 3.05) is 0 Å². The van der Waals surface area contributed by atoms with Crippen molar-refractivity contribution in [1.29, 1.82) is 0 Å². The Morgan fingerprint density at radius 1 is 1.00 bits per heavy atom. The third kappa shape index (κ3) is 1.83. The third-order valence-electron chi connectivity index (χ3n) is 4.65. The van der Waals surface area contributed by atoms with Crippen LogP contribution < -0.4 is 5.73 Å². The topological polar surface area (TPSA) is 26.0 Å². The summed E-state index contributed by atoms with van der Waals surface area (Å²) in [5.41, 5.74) is 6.19. The first-order valence-electron chi connectivity index (χ1n) is 6.46. The van der Waals surface area contributed by atoms with Crippen molar-refractivity contribution in [2.24, 2.45) is 23.5 Å². The monoisotopic (exact) mass is 255 g/mol. The molecule has 2 fully saturated rings. The minimum absolute atomic E-state index is 0.117. The molecule has 0 amide bonds. The second kappa shape index (κ2) is 4.26. The quantitative estimate of drug-likeness (QED) is 0.804. The molecule has 2 aliphatic rings. The summed E-state index contributed by atoms with van der Waals surface area (Å²) < 4.78 is 39.8. The van der Waals surface area contributed by atoms with Crippen molar-refractivity contribution in [1.82, 2.24) is 0 Å². The Labute approximate surface area is 104 Å². The molecule has 0 heterocycles. The van der Waals surface area contributed by atoms with Crippen molar-refractivity contribution in [3.8, 4) is 0 Å². The van der Waals surface area contributed by atoms with Crippen LogP contribution in [0.15, 0.2) is 12.1 Å². The Bertz CT molecular complexity index is 474. The van der Waals surface area contributed by atoms with E-state index < -0.39 is 23.5 Å². The van der Waals surface area contributed by atoms with Crippen LogP contribution in [0.1, 0.15) is 37.3 Å². The fourth-order valence-corrected chi connectivity index (χ4v) is 3.76. The van der Waals surface area contributed by atoms with Gasteiger partial charge in [0, 0.05) is 17.7 Å². The molecule has 3 rings (SSSR count). The van der Waals surface area contributed by atoms with Gasteiger partial charge < -0.3 is 5.73 Å². The van der Waals surface area contributed by atoms with E-state index in [1.807, 2.05) is 0 Å². The van der Waals surface area contributed by atoms with E-state index in [1.54, 1.807) is 0 Å². The van der Waals surface area contributed by atoms with Gasteiger partial charge in [-0.2, -0.15) is 0 Å². The molecule has 1 aromatic rings. The van der Waals surface area contributed by atoms with Gasteiger partial charge in [0.05, 0.1) is 0 Å². The molecule has 98 valence electrons. The van der Waals surface area contributed by atoms with Gasteiger partial charge in [0.15, 0.2) is 11.6 Å². The van der Waals surface area contributed by atoms with Crippen molar-refractivity contribution < 1.29 is 13.2 Å². The first-order chi connectivity index (χ1) is 8.56. The number of nitrogens with two attached hydrogens (primary N) is 1. The summed E-state index contributed by atoms with van der Waals surface area (Å²) in [5.74, 6) is -1.48. The summed E-state index contributed by atoms with van der Waals surface area (Å²) >= 11 is 0. The van der Waals surface area contributed by atoms with Gasteiger partial charge in [-0.3, -0.25) is 0 Å². The molecule has 2 aliphatic carbocycles. The van der Waals surface area contributed by atoms with Gasteiger partial charge in [0.25, 0.3) is 0 Å². The Kier molecular flexibility index (Phi) is 2.85. The molecule has 1 aromatic carbocycles. The maximum Gasteiger partial charge on any atom is 0.161 e. The Hall–Kier alpha value is -1.03. The second-order valence-electron chi connectivity index (χ2n) is 5.65. The molecule has 2 saturated carbocycles. The molecule has 0 aliphatic heterocycles. The first-order valence-corrected chi connectivity index (χ1v) is 6.46. The molecule has 18 heavy (non-hydrogen) atoms. The average Bonchev–Trinajstić information content (AvgIpc) is 2.95. The SMILES string of the molecule is NC(c1cc(F)c(F)cc1F)C1CC2CCC1C2. The summed E-state index contributed by atoms with van der Waals surface area (Å²) in [6.45, 7) is 0. The summed E-state index contributed by atoms with van der Waals surface area (Å²) in [5, 5.41) is 0. The molecule has 0 saturated heterocycles. The van der Waals surface area contributed by atoms with E-state index in [0.717, 1.165) is 25.3 Å². The van der Waals surface area contributed by atoms with E-state index >= 15 is 0 Å². The lowest BCUT2D eigenvalue weighted by Gasteiger charge is -2.28. The van der Waals surface area contributed by atoms with E-state index in [-0.39, 0.29) is 11.5 Å². The van der Waals surface area contributed by atoms with E-state index in [2.05, 4.69) is 0 Å². The zero-order valence-electron chi connectivity index (χ0n) is 10.0. The van der Waals surface area contributed by atoms with Crippen LogP contribution in [-0.4, -0.2) is 0 Å². The molecule has 0 radical (unpaired) electrons. The fraction of sp³-hybridized carbons (Fsp3) is 0.571. The highest BCUT2D eigenvalue weighted by molar-refractivity contribution is 5.24. The average molecular weight is 255 g/mol. The maximum atomic E-state index is 13.7. The molecular formula is C14H16F3N. The summed E-state index contributed by atoms with van der Waals surface area (Å²) in [6, 6.07) is 0.995. The lowest BCUT2D eigenvalue weighted by Crippen LogP contribution is -2.27. The highest BCUT2D eigenvalue weighted by Gasteiger charge is 2.43. The Morgan fingerprint density at radius 3 is 2.33 bits per heavy atom. The van der Waals surface area contributed by atoms with Gasteiger partial charge in [-0.05, 0) is 43.1 Å². The van der Waals surface area contributed by atoms with Crippen LogP contribution in [0.25, 0.3) is 0 Å². The van der Waals surface area contributed by atoms with Gasteiger partial charge in [-0.25, -0.2) is 13.2 Å². The number of rotatable bonds is 2. The largest absolute Gasteiger partial charge is 0.324 e. The summed E-state index contributed by atoms with van der Waals surface area (Å²) in [6.07, 6.45) is 4.51. The number of halogens is 3. The number of fused-ring (bicyclic) bond motifs is 2. The first kappa shape index (κ1) is 12.0. The normalized spacial score (nSPS) is 31.9. The molecular weight excluding hydrogens is 239 g/mol. The van der Waals surface area contributed by atoms with Crippen molar-refractivity contribution in [2.45, 2.75) is 31.7 Å². The van der Waals surface area contributed by atoms with E-state index in [9.17, 15) is 13.2 Å². The maximum absolute atomic E-state index is 13.7. The van der Waals surface area contributed by atoms with Gasteiger partial charge in [0.1, 0.15) is 5.82 Å². The third-order valence-corrected chi connectivity index (χ3v) is 4.65. The smallest absolute Gasteiger partial charge is 0.161 e. The van der Waals surface area contributed by atoms with Crippen LogP contribution in [0.5, 0.6) is 0 Å². The molecule has 0 aromatic heterocycles. The molecule has 4 heteroatoms. The predicted octanol–water partition coefficient (Wildman–Crippen LogP) is 3.54. The number of hydrogen-bond donors (Lipinski definition) is 1. The van der Waals surface area contributed by atoms with Crippen LogP contribution in [0, 0.1) is 35.2 Å². The molecule has 4 unspecified atom stereocenters. The fourth-order valence-electron chi connectivity index (χ4n) is 3.76. The number of hydrogen-bond acceptors (Lipinski definition) is 1. The van der Waals surface area contributed by atoms with Gasteiger partial charge in [-0.1, -0.05) is 6.42 Å². The van der Waals surface area contributed by atoms with Crippen molar-refractivity contribution >= 4 is 0 Å². The number of benzene rings is 1. The highest BCUT2D eigenvalue weighted by Crippen LogP contribution is 2.52. The van der Waals surface area contributed by atoms with Crippen LogP contribution in [-0.2, 0) is 0 Å². The summed E-state index contributed by atoms with van der Waals surface area (Å²) in [4.78, 5) is 0. The lowest BCUT2D eigenvalue weighted by molar-refractivity contribution is 0.279. The van der Waals surface area contributed by atoms with E-state index in [1.165, 1.54) is 6.42 Å². The molecule has 2 N–H and O–H groups in total. The van der Waals surface area contributed by atoms with E-state index in [0.29, 0.717) is 17.9 Å². The van der Waals surface area contributed by atoms with Gasteiger partial charge in [0.2, 0.25) is 0 Å². The summed E-state index contributed by atoms with van der Waals surface area (Å²) in [7, 11) is 0. The van der Waals surface area contributed by atoms with Crippen LogP contribution in [0.3, 0.4) is 0 Å². The molecule has 4 atom stereocenters. The van der Waals surface area contributed by atoms with Crippen molar-refractivity contribution in [3.63, 3.8) is 0 Å². The predicted molar refractivity (Wildman–Crippen MR) is 62.2 cm³/mol. The van der Waals surface area contributed by atoms with Crippen LogP contribution in [0.2, 0.25) is 0 Å². The molecule has 2 bridgehead atoms. The molecule has 1 nitrogen and oxygen atoms in total. The zero-order chi connectivity index (χ0) is 12.9. The highest BCUT2D eigenvalue weighted by atomic mass is 19.2. The van der Waals surface area contributed by atoms with Crippen LogP contribution >= 0.6 is 0 Å². The Balaban J connectivity index is 1.88. The van der Waals surface area contributed by atoms with Gasteiger partial charge in [-0.15, -0.1) is 0 Å². The molecule has 0 spiro atoms. The lowest BCUT2D eigenvalue weighted by atomic mass is 9.81. The second-order valence-corrected chi connectivity index (χ2v) is 5.65. The van der Waals surface area contributed by atoms with Crippen LogP contribution in [0.4, 0.5) is 13.2 Å². The minimum atomic E-state index is -1.16. The standard InChI is InChI=1S/C14H16F3N/c15-11-6-13(17)12(16)5-10(11)14(18)9-4-7-1-2-8(9)3-7/h5-9,14H,1-4,18H2.